The summed E-state index contributed by atoms with van der Waals surface area (Å²) in [5, 5.41) is 0.984. The zero-order chi connectivity index (χ0) is 13.7. The zero-order valence-electron chi connectivity index (χ0n) is 11.0. The number of unbranched alkanes of at least 4 members (excludes halogenated alkanes) is 1. The van der Waals surface area contributed by atoms with Gasteiger partial charge in [-0.25, -0.2) is 0 Å². The number of hydrogen-bond acceptors (Lipinski definition) is 3. The van der Waals surface area contributed by atoms with Gasteiger partial charge in [-0.2, -0.15) is 0 Å². The van der Waals surface area contributed by atoms with Crippen molar-refractivity contribution in [3.8, 4) is 0 Å². The summed E-state index contributed by atoms with van der Waals surface area (Å²) >= 11 is 0. The molecule has 100 valence electrons. The average molecular weight is 259 g/mol. The van der Waals surface area contributed by atoms with Gasteiger partial charge >= 0.3 is 5.97 Å². The molecular weight excluding hydrogens is 242 g/mol. The molecule has 1 aromatic carbocycles. The van der Waals surface area contributed by atoms with Crippen molar-refractivity contribution < 1.29 is 14.3 Å². The maximum Gasteiger partial charge on any atom is 0.302 e. The van der Waals surface area contributed by atoms with Crippen LogP contribution in [0.5, 0.6) is 0 Å². The summed E-state index contributed by atoms with van der Waals surface area (Å²) < 4.78 is 6.97. The van der Waals surface area contributed by atoms with Crippen LogP contribution in [0.15, 0.2) is 30.5 Å². The van der Waals surface area contributed by atoms with Gasteiger partial charge in [-0.15, -0.1) is 0 Å². The molecule has 4 nitrogen and oxygen atoms in total. The van der Waals surface area contributed by atoms with Crippen LogP contribution in [0.1, 0.15) is 30.1 Å². The van der Waals surface area contributed by atoms with Gasteiger partial charge in [0, 0.05) is 36.1 Å². The van der Waals surface area contributed by atoms with Crippen LogP contribution >= 0.6 is 0 Å². The Morgan fingerprint density at radius 1 is 1.32 bits per heavy atom. The number of benzene rings is 1. The van der Waals surface area contributed by atoms with Crippen molar-refractivity contribution in [2.24, 2.45) is 0 Å². The van der Waals surface area contributed by atoms with Crippen LogP contribution in [0.4, 0.5) is 0 Å². The number of nitrogens with zero attached hydrogens (tertiary/aromatic N) is 1. The maximum absolute atomic E-state index is 11.0. The van der Waals surface area contributed by atoms with Gasteiger partial charge in [-0.3, -0.25) is 9.59 Å². The van der Waals surface area contributed by atoms with Crippen LogP contribution in [0.2, 0.25) is 0 Å². The molecule has 2 aromatic rings. The van der Waals surface area contributed by atoms with E-state index < -0.39 is 0 Å². The highest BCUT2D eigenvalue weighted by Gasteiger charge is 2.06. The van der Waals surface area contributed by atoms with Crippen LogP contribution in [0, 0.1) is 0 Å². The maximum atomic E-state index is 11.0. The molecule has 0 radical (unpaired) electrons. The Labute approximate surface area is 112 Å². The Hall–Kier alpha value is -2.10. The van der Waals surface area contributed by atoms with Gasteiger partial charge in [0.15, 0.2) is 6.29 Å². The number of para-hydroxylation sites is 1. The first kappa shape index (κ1) is 13.3. The predicted octanol–water partition coefficient (Wildman–Crippen LogP) is 2.80. The van der Waals surface area contributed by atoms with Gasteiger partial charge in [-0.1, -0.05) is 18.2 Å². The van der Waals surface area contributed by atoms with Gasteiger partial charge in [0.05, 0.1) is 6.61 Å². The molecule has 4 heteroatoms. The number of aldehydes is 1. The highest BCUT2D eigenvalue weighted by atomic mass is 16.5. The molecule has 1 heterocycles. The Bertz CT molecular complexity index is 586. The van der Waals surface area contributed by atoms with Gasteiger partial charge in [0.1, 0.15) is 0 Å². The number of rotatable bonds is 6. The smallest absolute Gasteiger partial charge is 0.302 e. The number of carbonyl (C=O) groups excluding carboxylic acids is 2. The van der Waals surface area contributed by atoms with Gasteiger partial charge in [-0.05, 0) is 18.9 Å². The lowest BCUT2D eigenvalue weighted by molar-refractivity contribution is -0.141. The Balaban J connectivity index is 2.00. The second-order valence-electron chi connectivity index (χ2n) is 4.46. The Morgan fingerprint density at radius 3 is 2.84 bits per heavy atom. The molecule has 2 rings (SSSR count). The van der Waals surface area contributed by atoms with Crippen LogP contribution in [-0.4, -0.2) is 23.4 Å². The first-order valence-electron chi connectivity index (χ1n) is 6.39. The number of carbonyl (C=O) groups is 2. The fourth-order valence-electron chi connectivity index (χ4n) is 2.15. The Morgan fingerprint density at radius 2 is 2.11 bits per heavy atom. The van der Waals surface area contributed by atoms with E-state index >= 15 is 0 Å². The number of esters is 1. The van der Waals surface area contributed by atoms with Crippen molar-refractivity contribution in [3.63, 3.8) is 0 Å². The van der Waals surface area contributed by atoms with E-state index in [2.05, 4.69) is 4.57 Å². The normalized spacial score (nSPS) is 10.6. The van der Waals surface area contributed by atoms with E-state index in [1.54, 1.807) is 0 Å². The minimum atomic E-state index is -0.241. The minimum absolute atomic E-state index is 0.241. The average Bonchev–Trinajstić information content (AvgIpc) is 2.76. The van der Waals surface area contributed by atoms with Crippen molar-refractivity contribution in [3.05, 3.63) is 36.0 Å². The Kier molecular flexibility index (Phi) is 4.34. The fourth-order valence-corrected chi connectivity index (χ4v) is 2.15. The summed E-state index contributed by atoms with van der Waals surface area (Å²) in [6.45, 7) is 2.68. The molecule has 19 heavy (non-hydrogen) atoms. The third kappa shape index (κ3) is 3.22. The van der Waals surface area contributed by atoms with Crippen molar-refractivity contribution in [1.82, 2.24) is 4.57 Å². The molecule has 0 amide bonds. The summed E-state index contributed by atoms with van der Waals surface area (Å²) in [6, 6.07) is 7.86. The largest absolute Gasteiger partial charge is 0.466 e. The number of hydrogen-bond donors (Lipinski definition) is 0. The van der Waals surface area contributed by atoms with Crippen molar-refractivity contribution in [1.29, 1.82) is 0 Å². The van der Waals surface area contributed by atoms with Crippen molar-refractivity contribution in [2.45, 2.75) is 26.3 Å². The van der Waals surface area contributed by atoms with Crippen LogP contribution in [-0.2, 0) is 16.1 Å². The molecule has 0 aliphatic carbocycles. The molecule has 0 N–H and O–H groups in total. The van der Waals surface area contributed by atoms with E-state index in [9.17, 15) is 9.59 Å². The highest BCUT2D eigenvalue weighted by molar-refractivity contribution is 5.97. The number of ether oxygens (including phenoxy) is 1. The molecular formula is C15H17NO3. The van der Waals surface area contributed by atoms with E-state index in [-0.39, 0.29) is 5.97 Å². The number of aryl methyl sites for hydroxylation is 1. The number of aromatic nitrogens is 1. The van der Waals surface area contributed by atoms with Gasteiger partial charge in [0.2, 0.25) is 0 Å². The molecule has 0 unspecified atom stereocenters. The zero-order valence-corrected chi connectivity index (χ0v) is 11.0. The van der Waals surface area contributed by atoms with E-state index in [0.717, 1.165) is 42.1 Å². The first-order chi connectivity index (χ1) is 9.22. The summed E-state index contributed by atoms with van der Waals surface area (Å²) in [6.07, 6.45) is 4.49. The second kappa shape index (κ2) is 6.18. The topological polar surface area (TPSA) is 48.3 Å². The summed E-state index contributed by atoms with van der Waals surface area (Å²) in [4.78, 5) is 21.6. The van der Waals surface area contributed by atoms with Crippen LogP contribution in [0.25, 0.3) is 10.9 Å². The van der Waals surface area contributed by atoms with Crippen molar-refractivity contribution in [2.75, 3.05) is 6.61 Å². The van der Waals surface area contributed by atoms with Gasteiger partial charge in [0.25, 0.3) is 0 Å². The summed E-state index contributed by atoms with van der Waals surface area (Å²) in [5.41, 5.74) is 1.78. The molecule has 1 aromatic heterocycles. The van der Waals surface area contributed by atoms with Gasteiger partial charge < -0.3 is 9.30 Å². The fraction of sp³-hybridized carbons (Fsp3) is 0.333. The molecule has 0 bridgehead atoms. The lowest BCUT2D eigenvalue weighted by Crippen LogP contribution is -2.02. The molecule has 0 fully saturated rings. The molecule has 0 aliphatic rings. The predicted molar refractivity (Wildman–Crippen MR) is 73.2 cm³/mol. The molecule has 0 saturated carbocycles. The van der Waals surface area contributed by atoms with Crippen LogP contribution in [0.3, 0.4) is 0 Å². The quantitative estimate of drug-likeness (QED) is 0.455. The van der Waals surface area contributed by atoms with E-state index in [4.69, 9.17) is 4.74 Å². The lowest BCUT2D eigenvalue weighted by Gasteiger charge is -2.05. The summed E-state index contributed by atoms with van der Waals surface area (Å²) in [5.74, 6) is -0.241. The molecule has 0 saturated heterocycles. The van der Waals surface area contributed by atoms with E-state index in [1.165, 1.54) is 6.92 Å². The van der Waals surface area contributed by atoms with E-state index in [0.29, 0.717) is 6.61 Å². The van der Waals surface area contributed by atoms with Crippen LogP contribution < -0.4 is 0 Å². The standard InChI is InChI=1S/C15H17NO3/c1-12(18)19-9-5-4-8-16-10-13(11-17)14-6-2-3-7-15(14)16/h2-3,6-7,10-11H,4-5,8-9H2,1H3. The minimum Gasteiger partial charge on any atom is -0.466 e. The molecule has 0 spiro atoms. The lowest BCUT2D eigenvalue weighted by atomic mass is 10.2. The third-order valence-corrected chi connectivity index (χ3v) is 3.05. The SMILES string of the molecule is CC(=O)OCCCCn1cc(C=O)c2ccccc21. The highest BCUT2D eigenvalue weighted by Crippen LogP contribution is 2.20. The first-order valence-corrected chi connectivity index (χ1v) is 6.39. The summed E-state index contributed by atoms with van der Waals surface area (Å²) in [7, 11) is 0. The second-order valence-corrected chi connectivity index (χ2v) is 4.46. The monoisotopic (exact) mass is 259 g/mol. The third-order valence-electron chi connectivity index (χ3n) is 3.05. The van der Waals surface area contributed by atoms with E-state index in [1.807, 2.05) is 30.5 Å². The van der Waals surface area contributed by atoms with Crippen molar-refractivity contribution >= 4 is 23.2 Å². The molecule has 0 atom stereocenters. The number of fused-ring (bicyclic) bond motifs is 1. The molecule has 0 aliphatic heterocycles.